The molecule has 0 radical (unpaired) electrons. The maximum absolute atomic E-state index is 11.8. The smallest absolute Gasteiger partial charge is 0.306 e. The van der Waals surface area contributed by atoms with E-state index in [0.717, 1.165) is 64.2 Å². The van der Waals surface area contributed by atoms with Crippen LogP contribution in [-0.4, -0.2) is 23.1 Å². The van der Waals surface area contributed by atoms with Crippen molar-refractivity contribution >= 4 is 11.9 Å². The molecule has 1 N–H and O–H groups in total. The fourth-order valence-corrected chi connectivity index (χ4v) is 2.91. The van der Waals surface area contributed by atoms with Crippen molar-refractivity contribution in [1.29, 1.82) is 0 Å². The summed E-state index contributed by atoms with van der Waals surface area (Å²) in [7, 11) is 0. The number of carbonyl (C=O) groups excluding carboxylic acids is 1. The number of hydrogen-bond acceptors (Lipinski definition) is 3. The Kier molecular flexibility index (Phi) is 17.5. The van der Waals surface area contributed by atoms with Gasteiger partial charge in [-0.1, -0.05) is 64.5 Å². The monoisotopic (exact) mass is 368 g/mol. The van der Waals surface area contributed by atoms with Crippen LogP contribution in [-0.2, 0) is 14.3 Å². The minimum atomic E-state index is -0.697. The van der Waals surface area contributed by atoms with Crippen molar-refractivity contribution in [2.75, 3.05) is 0 Å². The van der Waals surface area contributed by atoms with Gasteiger partial charge in [0.05, 0.1) is 0 Å². The Morgan fingerprint density at radius 1 is 0.846 bits per heavy atom. The number of allylic oxidation sites excluding steroid dienone is 1. The van der Waals surface area contributed by atoms with Crippen LogP contribution in [0.5, 0.6) is 0 Å². The van der Waals surface area contributed by atoms with Crippen molar-refractivity contribution < 1.29 is 19.4 Å². The first-order chi connectivity index (χ1) is 12.6. The number of carboxylic acid groups (broad SMARTS) is 1. The lowest BCUT2D eigenvalue weighted by Gasteiger charge is -2.16. The second-order valence-electron chi connectivity index (χ2n) is 7.12. The van der Waals surface area contributed by atoms with Gasteiger partial charge in [-0.3, -0.25) is 9.59 Å². The molecule has 1 unspecified atom stereocenters. The molecule has 0 aliphatic heterocycles. The van der Waals surface area contributed by atoms with Crippen LogP contribution in [0.25, 0.3) is 0 Å². The molecule has 0 spiro atoms. The lowest BCUT2D eigenvalue weighted by Crippen LogP contribution is -2.17. The molecular formula is C22H40O4. The van der Waals surface area contributed by atoms with Gasteiger partial charge in [0.25, 0.3) is 0 Å². The Morgan fingerprint density at radius 3 is 2.23 bits per heavy atom. The van der Waals surface area contributed by atoms with Gasteiger partial charge in [-0.15, -0.1) is 0 Å². The summed E-state index contributed by atoms with van der Waals surface area (Å²) in [5, 5.41) is 8.58. The Balaban J connectivity index is 3.88. The molecule has 4 heteroatoms. The summed E-state index contributed by atoms with van der Waals surface area (Å²) in [6, 6.07) is 0. The highest BCUT2D eigenvalue weighted by Gasteiger charge is 2.12. The molecule has 0 aromatic rings. The molecule has 0 aromatic carbocycles. The lowest BCUT2D eigenvalue weighted by atomic mass is 10.1. The van der Waals surface area contributed by atoms with Crippen LogP contribution in [0.1, 0.15) is 110 Å². The Hall–Kier alpha value is -1.32. The van der Waals surface area contributed by atoms with E-state index >= 15 is 0 Å². The molecule has 1 atom stereocenters. The second kappa shape index (κ2) is 18.5. The van der Waals surface area contributed by atoms with E-state index in [1.807, 2.05) is 6.92 Å². The van der Waals surface area contributed by atoms with Crippen molar-refractivity contribution in [3.05, 3.63) is 12.2 Å². The molecular weight excluding hydrogens is 328 g/mol. The highest BCUT2D eigenvalue weighted by Crippen LogP contribution is 2.14. The average Bonchev–Trinajstić information content (AvgIpc) is 2.59. The molecule has 0 aromatic heterocycles. The number of unbranched alkanes of at least 4 members (excludes halogenated alkanes) is 8. The summed E-state index contributed by atoms with van der Waals surface area (Å²) >= 11 is 0. The molecule has 26 heavy (non-hydrogen) atoms. The van der Waals surface area contributed by atoms with E-state index in [4.69, 9.17) is 9.84 Å². The van der Waals surface area contributed by atoms with Crippen LogP contribution in [0.3, 0.4) is 0 Å². The molecule has 0 amide bonds. The molecule has 0 bridgehead atoms. The highest BCUT2D eigenvalue weighted by molar-refractivity contribution is 5.69. The van der Waals surface area contributed by atoms with Crippen LogP contribution >= 0.6 is 0 Å². The average molecular weight is 369 g/mol. The minimum absolute atomic E-state index is 0.0261. The van der Waals surface area contributed by atoms with Crippen LogP contribution in [0.2, 0.25) is 0 Å². The first-order valence-corrected chi connectivity index (χ1v) is 10.7. The Morgan fingerprint density at radius 2 is 1.54 bits per heavy atom. The summed E-state index contributed by atoms with van der Waals surface area (Å²) in [5.41, 5.74) is 0. The van der Waals surface area contributed by atoms with E-state index in [9.17, 15) is 9.59 Å². The van der Waals surface area contributed by atoms with E-state index in [2.05, 4.69) is 19.1 Å². The van der Waals surface area contributed by atoms with Gasteiger partial charge in [-0.2, -0.15) is 0 Å². The van der Waals surface area contributed by atoms with E-state index in [1.165, 1.54) is 19.3 Å². The van der Waals surface area contributed by atoms with E-state index in [-0.39, 0.29) is 18.5 Å². The maximum Gasteiger partial charge on any atom is 0.306 e. The number of hydrogen-bond donors (Lipinski definition) is 1. The highest BCUT2D eigenvalue weighted by atomic mass is 16.5. The Bertz CT molecular complexity index is 376. The first kappa shape index (κ1) is 24.7. The number of esters is 1. The van der Waals surface area contributed by atoms with Crippen LogP contribution in [0.15, 0.2) is 12.2 Å². The van der Waals surface area contributed by atoms with Gasteiger partial charge in [-0.25, -0.2) is 0 Å². The van der Waals surface area contributed by atoms with Crippen LogP contribution < -0.4 is 0 Å². The van der Waals surface area contributed by atoms with Gasteiger partial charge >= 0.3 is 11.9 Å². The van der Waals surface area contributed by atoms with Gasteiger partial charge in [0.2, 0.25) is 0 Å². The Labute approximate surface area is 160 Å². The second-order valence-corrected chi connectivity index (χ2v) is 7.12. The zero-order valence-electron chi connectivity index (χ0n) is 17.0. The topological polar surface area (TPSA) is 63.6 Å². The molecule has 0 fully saturated rings. The molecule has 0 aliphatic rings. The van der Waals surface area contributed by atoms with Crippen LogP contribution in [0.4, 0.5) is 0 Å². The summed E-state index contributed by atoms with van der Waals surface area (Å²) in [5.74, 6) is -0.764. The number of carboxylic acids is 1. The van der Waals surface area contributed by atoms with Crippen molar-refractivity contribution in [2.45, 2.75) is 116 Å². The molecule has 0 saturated carbocycles. The molecule has 0 rings (SSSR count). The van der Waals surface area contributed by atoms with E-state index in [1.54, 1.807) is 0 Å². The summed E-state index contributed by atoms with van der Waals surface area (Å²) in [4.78, 5) is 22.2. The third-order valence-electron chi connectivity index (χ3n) is 4.46. The number of ether oxygens (including phenoxy) is 1. The van der Waals surface area contributed by atoms with E-state index < -0.39 is 5.97 Å². The van der Waals surface area contributed by atoms with Gasteiger partial charge in [0.1, 0.15) is 6.10 Å². The summed E-state index contributed by atoms with van der Waals surface area (Å²) < 4.78 is 5.62. The van der Waals surface area contributed by atoms with Gasteiger partial charge in [0.15, 0.2) is 0 Å². The summed E-state index contributed by atoms with van der Waals surface area (Å²) in [6.07, 6.45) is 18.8. The largest absolute Gasteiger partial charge is 0.481 e. The fourth-order valence-electron chi connectivity index (χ4n) is 2.91. The quantitative estimate of drug-likeness (QED) is 0.172. The predicted octanol–water partition coefficient (Wildman–Crippen LogP) is 6.43. The standard InChI is InChI=1S/C22H40O4/c1-3-5-6-13-17-20(26-22(25)16-4-2)18-14-11-9-7-8-10-12-15-19-21(23)24/h11,14,20H,3-10,12-13,15-19H2,1-2H3,(H,23,24). The van der Waals surface area contributed by atoms with Gasteiger partial charge in [0, 0.05) is 19.3 Å². The van der Waals surface area contributed by atoms with Gasteiger partial charge in [-0.05, 0) is 38.5 Å². The van der Waals surface area contributed by atoms with E-state index in [0.29, 0.717) is 6.42 Å². The molecule has 152 valence electrons. The van der Waals surface area contributed by atoms with Gasteiger partial charge < -0.3 is 9.84 Å². The normalized spacial score (nSPS) is 12.4. The SMILES string of the molecule is CCCCCCC(CC=CCCCCCCCC(=O)O)OC(=O)CCC. The zero-order chi connectivity index (χ0) is 19.5. The van der Waals surface area contributed by atoms with Crippen molar-refractivity contribution in [3.8, 4) is 0 Å². The number of aliphatic carboxylic acids is 1. The van der Waals surface area contributed by atoms with Crippen molar-refractivity contribution in [3.63, 3.8) is 0 Å². The third kappa shape index (κ3) is 17.5. The molecule has 0 aliphatic carbocycles. The third-order valence-corrected chi connectivity index (χ3v) is 4.46. The van der Waals surface area contributed by atoms with Crippen molar-refractivity contribution in [2.24, 2.45) is 0 Å². The number of carbonyl (C=O) groups is 2. The first-order valence-electron chi connectivity index (χ1n) is 10.7. The molecule has 4 nitrogen and oxygen atoms in total. The maximum atomic E-state index is 11.8. The van der Waals surface area contributed by atoms with Crippen LogP contribution in [0, 0.1) is 0 Å². The lowest BCUT2D eigenvalue weighted by molar-refractivity contribution is -0.149. The van der Waals surface area contributed by atoms with Crippen molar-refractivity contribution in [1.82, 2.24) is 0 Å². The minimum Gasteiger partial charge on any atom is -0.481 e. The molecule has 0 heterocycles. The fraction of sp³-hybridized carbons (Fsp3) is 0.818. The zero-order valence-corrected chi connectivity index (χ0v) is 17.0. The predicted molar refractivity (Wildman–Crippen MR) is 107 cm³/mol. The molecule has 0 saturated heterocycles. The summed E-state index contributed by atoms with van der Waals surface area (Å²) in [6.45, 7) is 4.20. The number of rotatable bonds is 18.